The van der Waals surface area contributed by atoms with E-state index in [0.29, 0.717) is 0 Å². The molecule has 1 rings (SSSR count). The number of carboxylic acids is 1. The fourth-order valence-corrected chi connectivity index (χ4v) is 0.799. The minimum atomic E-state index is -1.52. The first-order valence-electron chi connectivity index (χ1n) is 3.31. The zero-order valence-electron chi connectivity index (χ0n) is 6.64. The Hall–Kier alpha value is -0.590. The van der Waals surface area contributed by atoms with Crippen LogP contribution in [0.25, 0.3) is 0 Å². The SMILES string of the molecule is O.O=C(O)[C@H](O)c1ccc(O)cc1.[NaH]. The van der Waals surface area contributed by atoms with Crippen molar-refractivity contribution in [3.8, 4) is 5.75 Å². The number of aliphatic carboxylic acids is 1. The van der Waals surface area contributed by atoms with Crippen LogP contribution in [-0.4, -0.2) is 56.3 Å². The van der Waals surface area contributed by atoms with Gasteiger partial charge in [0.25, 0.3) is 0 Å². The molecule has 0 aromatic heterocycles. The summed E-state index contributed by atoms with van der Waals surface area (Å²) in [6.07, 6.45) is -1.52. The Morgan fingerprint density at radius 2 is 1.64 bits per heavy atom. The van der Waals surface area contributed by atoms with E-state index in [-0.39, 0.29) is 46.3 Å². The van der Waals surface area contributed by atoms with Gasteiger partial charge in [-0.3, -0.25) is 0 Å². The molecule has 0 amide bonds. The molecule has 6 heteroatoms. The van der Waals surface area contributed by atoms with Gasteiger partial charge in [0.05, 0.1) is 0 Å². The molecule has 0 aliphatic heterocycles. The van der Waals surface area contributed by atoms with Crippen LogP contribution in [0.5, 0.6) is 5.75 Å². The number of benzene rings is 1. The monoisotopic (exact) mass is 210 g/mol. The van der Waals surface area contributed by atoms with Crippen LogP contribution in [0.3, 0.4) is 0 Å². The van der Waals surface area contributed by atoms with E-state index in [1.54, 1.807) is 0 Å². The van der Waals surface area contributed by atoms with Crippen LogP contribution in [0.1, 0.15) is 11.7 Å². The number of rotatable bonds is 2. The Bertz CT molecular complexity index is 284. The minimum absolute atomic E-state index is 0. The van der Waals surface area contributed by atoms with Gasteiger partial charge in [-0.2, -0.15) is 0 Å². The van der Waals surface area contributed by atoms with E-state index in [1.807, 2.05) is 0 Å². The van der Waals surface area contributed by atoms with Gasteiger partial charge in [0.1, 0.15) is 5.75 Å². The van der Waals surface area contributed by atoms with Crippen molar-refractivity contribution in [2.75, 3.05) is 0 Å². The van der Waals surface area contributed by atoms with Crippen molar-refractivity contribution < 1.29 is 25.6 Å². The molecule has 5 nitrogen and oxygen atoms in total. The molecule has 0 fully saturated rings. The number of hydrogen-bond donors (Lipinski definition) is 3. The molecule has 74 valence electrons. The first kappa shape index (κ1) is 15.9. The Morgan fingerprint density at radius 1 is 1.21 bits per heavy atom. The summed E-state index contributed by atoms with van der Waals surface area (Å²) in [5.41, 5.74) is 0.250. The molecule has 5 N–H and O–H groups in total. The van der Waals surface area contributed by atoms with E-state index in [2.05, 4.69) is 0 Å². The summed E-state index contributed by atoms with van der Waals surface area (Å²) in [6.45, 7) is 0. The van der Waals surface area contributed by atoms with E-state index in [1.165, 1.54) is 24.3 Å². The molecule has 14 heavy (non-hydrogen) atoms. The molecule has 0 saturated heterocycles. The molecule has 1 aromatic rings. The van der Waals surface area contributed by atoms with Gasteiger partial charge in [-0.05, 0) is 17.7 Å². The van der Waals surface area contributed by atoms with E-state index in [0.717, 1.165) is 0 Å². The maximum absolute atomic E-state index is 10.3. The third-order valence-electron chi connectivity index (χ3n) is 1.44. The summed E-state index contributed by atoms with van der Waals surface area (Å²) >= 11 is 0. The predicted octanol–water partition coefficient (Wildman–Crippen LogP) is -0.963. The van der Waals surface area contributed by atoms with Gasteiger partial charge >= 0.3 is 35.5 Å². The standard InChI is InChI=1S/C8H8O4.Na.H2O.H/c9-6-3-1-5(2-4-6)7(10)8(11)12;;;/h1-4,7,9-10H,(H,11,12);;1H2;/t7-;;;/m1.../s1. The fourth-order valence-electron chi connectivity index (χ4n) is 0.799. The zero-order valence-corrected chi connectivity index (χ0v) is 6.64. The van der Waals surface area contributed by atoms with Crippen LogP contribution < -0.4 is 0 Å². The van der Waals surface area contributed by atoms with Crippen LogP contribution in [0, 0.1) is 0 Å². The Balaban J connectivity index is 0. The number of phenols is 1. The van der Waals surface area contributed by atoms with Crippen LogP contribution in [0.15, 0.2) is 24.3 Å². The first-order chi connectivity index (χ1) is 5.61. The molecule has 0 aliphatic carbocycles. The molecule has 0 aliphatic rings. The molecule has 1 atom stereocenters. The summed E-state index contributed by atoms with van der Waals surface area (Å²) in [5.74, 6) is -1.27. The number of phenolic OH excluding ortho intramolecular Hbond substituents is 1. The Morgan fingerprint density at radius 3 is 2.00 bits per heavy atom. The number of hydrogen-bond acceptors (Lipinski definition) is 3. The molecule has 0 heterocycles. The van der Waals surface area contributed by atoms with Crippen molar-refractivity contribution in [3.05, 3.63) is 29.8 Å². The summed E-state index contributed by atoms with van der Waals surface area (Å²) in [5, 5.41) is 26.2. The number of aliphatic hydroxyl groups is 1. The van der Waals surface area contributed by atoms with Crippen molar-refractivity contribution >= 4 is 35.5 Å². The molecular formula is C8H11NaO5. The number of aromatic hydroxyl groups is 1. The van der Waals surface area contributed by atoms with Crippen molar-refractivity contribution in [1.82, 2.24) is 0 Å². The molecule has 0 spiro atoms. The average molecular weight is 210 g/mol. The topological polar surface area (TPSA) is 109 Å². The van der Waals surface area contributed by atoms with Crippen LogP contribution in [-0.2, 0) is 4.79 Å². The Kier molecular flexibility index (Phi) is 7.71. The molecule has 0 saturated carbocycles. The second-order valence-electron chi connectivity index (χ2n) is 2.33. The van der Waals surface area contributed by atoms with Gasteiger partial charge in [-0.15, -0.1) is 0 Å². The van der Waals surface area contributed by atoms with Gasteiger partial charge in [-0.25, -0.2) is 4.79 Å². The fraction of sp³-hybridized carbons (Fsp3) is 0.125. The van der Waals surface area contributed by atoms with Crippen LogP contribution in [0.2, 0.25) is 0 Å². The van der Waals surface area contributed by atoms with Crippen molar-refractivity contribution in [2.45, 2.75) is 6.10 Å². The number of carboxylic acid groups (broad SMARTS) is 1. The molecule has 0 radical (unpaired) electrons. The third kappa shape index (κ3) is 4.08. The molecule has 1 aromatic carbocycles. The molecular weight excluding hydrogens is 199 g/mol. The number of carbonyl (C=O) groups is 1. The van der Waals surface area contributed by atoms with E-state index < -0.39 is 12.1 Å². The third-order valence-corrected chi connectivity index (χ3v) is 1.44. The van der Waals surface area contributed by atoms with E-state index >= 15 is 0 Å². The van der Waals surface area contributed by atoms with Gasteiger partial charge < -0.3 is 20.8 Å². The van der Waals surface area contributed by atoms with Crippen molar-refractivity contribution in [2.24, 2.45) is 0 Å². The summed E-state index contributed by atoms with van der Waals surface area (Å²) in [4.78, 5) is 10.3. The molecule has 0 bridgehead atoms. The van der Waals surface area contributed by atoms with E-state index in [9.17, 15) is 4.79 Å². The summed E-state index contributed by atoms with van der Waals surface area (Å²) in [7, 11) is 0. The second kappa shape index (κ2) is 6.80. The second-order valence-corrected chi connectivity index (χ2v) is 2.33. The summed E-state index contributed by atoms with van der Waals surface area (Å²) in [6, 6.07) is 5.35. The molecule has 0 unspecified atom stereocenters. The van der Waals surface area contributed by atoms with Crippen LogP contribution >= 0.6 is 0 Å². The normalized spacial score (nSPS) is 10.6. The zero-order chi connectivity index (χ0) is 9.14. The van der Waals surface area contributed by atoms with Gasteiger partial charge in [-0.1, -0.05) is 12.1 Å². The maximum atomic E-state index is 10.3. The Labute approximate surface area is 103 Å². The van der Waals surface area contributed by atoms with Gasteiger partial charge in [0.2, 0.25) is 0 Å². The number of aliphatic hydroxyl groups excluding tert-OH is 1. The predicted molar refractivity (Wildman–Crippen MR) is 51.5 cm³/mol. The van der Waals surface area contributed by atoms with Crippen molar-refractivity contribution in [1.29, 1.82) is 0 Å². The van der Waals surface area contributed by atoms with Crippen molar-refractivity contribution in [3.63, 3.8) is 0 Å². The summed E-state index contributed by atoms with van der Waals surface area (Å²) < 4.78 is 0. The quantitative estimate of drug-likeness (QED) is 0.546. The van der Waals surface area contributed by atoms with E-state index in [4.69, 9.17) is 15.3 Å². The first-order valence-corrected chi connectivity index (χ1v) is 3.31. The van der Waals surface area contributed by atoms with Gasteiger partial charge in [0.15, 0.2) is 6.10 Å². The average Bonchev–Trinajstić information content (AvgIpc) is 2.04. The van der Waals surface area contributed by atoms with Gasteiger partial charge in [0, 0.05) is 0 Å². The van der Waals surface area contributed by atoms with Crippen LogP contribution in [0.4, 0.5) is 0 Å².